The van der Waals surface area contributed by atoms with Crippen molar-refractivity contribution in [2.75, 3.05) is 34.3 Å². The number of aromatic nitrogens is 1. The maximum atomic E-state index is 12.8. The summed E-state index contributed by atoms with van der Waals surface area (Å²) in [7, 11) is 5.30. The van der Waals surface area contributed by atoms with Crippen LogP contribution in [0.15, 0.2) is 54.2 Å². The van der Waals surface area contributed by atoms with E-state index in [0.29, 0.717) is 30.1 Å². The Kier molecular flexibility index (Phi) is 5.75. The van der Waals surface area contributed by atoms with Gasteiger partial charge in [-0.1, -0.05) is 18.2 Å². The molecule has 0 radical (unpaired) electrons. The molecule has 3 rings (SSSR count). The van der Waals surface area contributed by atoms with E-state index >= 15 is 0 Å². The summed E-state index contributed by atoms with van der Waals surface area (Å²) in [6.45, 7) is 0.920. The van der Waals surface area contributed by atoms with Gasteiger partial charge in [-0.05, 0) is 38.4 Å². The van der Waals surface area contributed by atoms with Gasteiger partial charge >= 0.3 is 0 Å². The molecule has 1 aromatic heterocycles. The number of methoxy groups -OCH3 is 1. The van der Waals surface area contributed by atoms with Crippen LogP contribution in [0.25, 0.3) is 5.76 Å². The van der Waals surface area contributed by atoms with Gasteiger partial charge in [-0.2, -0.15) is 0 Å². The summed E-state index contributed by atoms with van der Waals surface area (Å²) in [6.07, 6.45) is 1.60. The van der Waals surface area contributed by atoms with E-state index in [1.54, 1.807) is 48.7 Å². The predicted octanol–water partition coefficient (Wildman–Crippen LogP) is 2.07. The minimum Gasteiger partial charge on any atom is -0.507 e. The Balaban J connectivity index is 2.13. The molecule has 1 aliphatic heterocycles. The number of carbonyl (C=O) groups excluding carboxylic acids is 2. The van der Waals surface area contributed by atoms with E-state index in [1.165, 1.54) is 12.0 Å². The van der Waals surface area contributed by atoms with Gasteiger partial charge in [0.25, 0.3) is 11.7 Å². The molecule has 1 amide bonds. The van der Waals surface area contributed by atoms with Crippen LogP contribution in [0.1, 0.15) is 17.3 Å². The first-order valence-corrected chi connectivity index (χ1v) is 8.92. The monoisotopic (exact) mass is 381 g/mol. The minimum absolute atomic E-state index is 0.0377. The van der Waals surface area contributed by atoms with Gasteiger partial charge in [-0.3, -0.25) is 14.6 Å². The Labute approximate surface area is 163 Å². The highest BCUT2D eigenvalue weighted by Gasteiger charge is 2.46. The molecule has 1 atom stereocenters. The van der Waals surface area contributed by atoms with Crippen LogP contribution in [0.5, 0.6) is 5.75 Å². The molecule has 7 heteroatoms. The number of benzene rings is 1. The smallest absolute Gasteiger partial charge is 0.295 e. The topological polar surface area (TPSA) is 83.0 Å². The van der Waals surface area contributed by atoms with Gasteiger partial charge < -0.3 is 19.6 Å². The number of ether oxygens (including phenoxy) is 1. The first-order chi connectivity index (χ1) is 13.4. The molecule has 7 nitrogen and oxygen atoms in total. The summed E-state index contributed by atoms with van der Waals surface area (Å²) >= 11 is 0. The van der Waals surface area contributed by atoms with Crippen LogP contribution in [0.3, 0.4) is 0 Å². The second-order valence-corrected chi connectivity index (χ2v) is 6.78. The molecule has 1 aromatic carbocycles. The SMILES string of the molecule is COc1cccc(/C(O)=C2\C(=O)C(=O)N(CCN(C)C)[C@H]2c2ccccn2)c1. The number of Topliss-reactive ketones (excluding diaryl/α,β-unsaturated/α-hetero) is 1. The number of hydrogen-bond donors (Lipinski definition) is 1. The average molecular weight is 381 g/mol. The third kappa shape index (κ3) is 3.75. The van der Waals surface area contributed by atoms with Crippen molar-refractivity contribution in [1.29, 1.82) is 0 Å². The second kappa shape index (κ2) is 8.22. The number of amides is 1. The van der Waals surface area contributed by atoms with E-state index in [0.717, 1.165) is 0 Å². The van der Waals surface area contributed by atoms with Gasteiger partial charge in [-0.15, -0.1) is 0 Å². The number of pyridine rings is 1. The molecule has 1 N–H and O–H groups in total. The highest BCUT2D eigenvalue weighted by atomic mass is 16.5. The van der Waals surface area contributed by atoms with Crippen molar-refractivity contribution >= 4 is 17.4 Å². The largest absolute Gasteiger partial charge is 0.507 e. The molecule has 0 bridgehead atoms. The summed E-state index contributed by atoms with van der Waals surface area (Å²) in [5, 5.41) is 10.9. The van der Waals surface area contributed by atoms with Crippen LogP contribution in [-0.2, 0) is 9.59 Å². The van der Waals surface area contributed by atoms with E-state index in [-0.39, 0.29) is 11.3 Å². The normalized spacial score (nSPS) is 18.7. The molecule has 1 saturated heterocycles. The van der Waals surface area contributed by atoms with E-state index in [4.69, 9.17) is 4.74 Å². The van der Waals surface area contributed by atoms with Gasteiger partial charge in [-0.25, -0.2) is 0 Å². The molecule has 28 heavy (non-hydrogen) atoms. The molecule has 146 valence electrons. The third-order valence-corrected chi connectivity index (χ3v) is 4.64. The van der Waals surface area contributed by atoms with E-state index in [9.17, 15) is 14.7 Å². The zero-order chi connectivity index (χ0) is 20.3. The summed E-state index contributed by atoms with van der Waals surface area (Å²) in [5.41, 5.74) is 0.978. The molecule has 0 aliphatic carbocycles. The van der Waals surface area contributed by atoms with Crippen LogP contribution in [0.2, 0.25) is 0 Å². The van der Waals surface area contributed by atoms with Gasteiger partial charge in [0.2, 0.25) is 0 Å². The summed E-state index contributed by atoms with van der Waals surface area (Å²) in [6, 6.07) is 11.3. The quantitative estimate of drug-likeness (QED) is 0.469. The zero-order valence-electron chi connectivity index (χ0n) is 16.1. The number of rotatable bonds is 6. The first-order valence-electron chi connectivity index (χ1n) is 8.92. The third-order valence-electron chi connectivity index (χ3n) is 4.64. The molecular formula is C21H23N3O4. The number of hydrogen-bond acceptors (Lipinski definition) is 6. The van der Waals surface area contributed by atoms with Gasteiger partial charge in [0.1, 0.15) is 17.6 Å². The van der Waals surface area contributed by atoms with Crippen molar-refractivity contribution in [2.24, 2.45) is 0 Å². The number of aliphatic hydroxyl groups is 1. The number of nitrogens with zero attached hydrogens (tertiary/aromatic N) is 3. The number of likely N-dealkylation sites (tertiary alicyclic amines) is 1. The molecule has 2 aromatic rings. The highest BCUT2D eigenvalue weighted by molar-refractivity contribution is 6.46. The molecule has 0 unspecified atom stereocenters. The average Bonchev–Trinajstić information content (AvgIpc) is 2.97. The van der Waals surface area contributed by atoms with Crippen molar-refractivity contribution < 1.29 is 19.4 Å². The lowest BCUT2D eigenvalue weighted by Crippen LogP contribution is -2.35. The van der Waals surface area contributed by atoms with Crippen LogP contribution < -0.4 is 4.74 Å². The van der Waals surface area contributed by atoms with E-state index < -0.39 is 17.7 Å². The molecule has 2 heterocycles. The van der Waals surface area contributed by atoms with Crippen LogP contribution >= 0.6 is 0 Å². The molecule has 1 aliphatic rings. The lowest BCUT2D eigenvalue weighted by molar-refractivity contribution is -0.140. The fourth-order valence-corrected chi connectivity index (χ4v) is 3.19. The summed E-state index contributed by atoms with van der Waals surface area (Å²) < 4.78 is 5.20. The van der Waals surface area contributed by atoms with Crippen LogP contribution in [0.4, 0.5) is 0 Å². The van der Waals surface area contributed by atoms with Crippen molar-refractivity contribution in [3.05, 3.63) is 65.5 Å². The molecular weight excluding hydrogens is 358 g/mol. The number of aliphatic hydroxyl groups excluding tert-OH is 1. The fraction of sp³-hybridized carbons (Fsp3) is 0.286. The van der Waals surface area contributed by atoms with Crippen LogP contribution in [-0.4, -0.2) is 65.9 Å². The van der Waals surface area contributed by atoms with E-state index in [2.05, 4.69) is 4.98 Å². The molecule has 0 saturated carbocycles. The summed E-state index contributed by atoms with van der Waals surface area (Å²) in [4.78, 5) is 33.3. The van der Waals surface area contributed by atoms with Crippen LogP contribution in [0, 0.1) is 0 Å². The van der Waals surface area contributed by atoms with Crippen molar-refractivity contribution in [3.8, 4) is 5.75 Å². The fourth-order valence-electron chi connectivity index (χ4n) is 3.19. The summed E-state index contributed by atoms with van der Waals surface area (Å²) in [5.74, 6) is -1.04. The van der Waals surface area contributed by atoms with Gasteiger partial charge in [0.05, 0.1) is 18.4 Å². The zero-order valence-corrected chi connectivity index (χ0v) is 16.1. The Morgan fingerprint density at radius 2 is 2.00 bits per heavy atom. The van der Waals surface area contributed by atoms with Crippen molar-refractivity contribution in [2.45, 2.75) is 6.04 Å². The maximum absolute atomic E-state index is 12.8. The lowest BCUT2D eigenvalue weighted by atomic mass is 9.98. The van der Waals surface area contributed by atoms with E-state index in [1.807, 2.05) is 19.0 Å². The molecule has 1 fully saturated rings. The van der Waals surface area contributed by atoms with Crippen molar-refractivity contribution in [1.82, 2.24) is 14.8 Å². The maximum Gasteiger partial charge on any atom is 0.295 e. The Bertz CT molecular complexity index is 909. The van der Waals surface area contributed by atoms with Crippen molar-refractivity contribution in [3.63, 3.8) is 0 Å². The Hall–Kier alpha value is -3.19. The van der Waals surface area contributed by atoms with Gasteiger partial charge in [0.15, 0.2) is 0 Å². The predicted molar refractivity (Wildman–Crippen MR) is 105 cm³/mol. The number of carbonyl (C=O) groups is 2. The molecule has 0 spiro atoms. The lowest BCUT2D eigenvalue weighted by Gasteiger charge is -2.25. The van der Waals surface area contributed by atoms with Gasteiger partial charge in [0, 0.05) is 24.8 Å². The standard InChI is InChI=1S/C21H23N3O4/c1-23(2)11-12-24-18(16-9-4-5-10-22-16)17(20(26)21(24)27)19(25)14-7-6-8-15(13-14)28-3/h4-10,13,18,25H,11-12H2,1-3H3/b19-17+/t18-/m0/s1. The number of ketones is 1. The highest BCUT2D eigenvalue weighted by Crippen LogP contribution is 2.38. The number of likely N-dealkylation sites (N-methyl/N-ethyl adjacent to an activating group) is 1. The minimum atomic E-state index is -0.743. The second-order valence-electron chi connectivity index (χ2n) is 6.78. The first kappa shape index (κ1) is 19.6. The Morgan fingerprint density at radius 3 is 2.64 bits per heavy atom. The Morgan fingerprint density at radius 1 is 1.21 bits per heavy atom.